The van der Waals surface area contributed by atoms with Gasteiger partial charge in [0.15, 0.2) is 0 Å². The fourth-order valence-corrected chi connectivity index (χ4v) is 3.67. The van der Waals surface area contributed by atoms with Gasteiger partial charge < -0.3 is 19.9 Å². The maximum absolute atomic E-state index is 12.3. The van der Waals surface area contributed by atoms with Gasteiger partial charge in [-0.2, -0.15) is 0 Å². The van der Waals surface area contributed by atoms with Crippen LogP contribution in [-0.4, -0.2) is 71.4 Å². The van der Waals surface area contributed by atoms with Gasteiger partial charge in [-0.05, 0) is 46.1 Å². The van der Waals surface area contributed by atoms with Gasteiger partial charge in [-0.25, -0.2) is 4.79 Å². The number of nitrogens with one attached hydrogen (secondary N) is 1. The highest BCUT2D eigenvalue weighted by molar-refractivity contribution is 6.09. The summed E-state index contributed by atoms with van der Waals surface area (Å²) in [5, 5.41) is 2.96. The first kappa shape index (κ1) is 19.6. The van der Waals surface area contributed by atoms with Gasteiger partial charge in [-0.15, -0.1) is 0 Å². The molecule has 1 fully saturated rings. The summed E-state index contributed by atoms with van der Waals surface area (Å²) in [7, 11) is 0. The molecule has 3 rings (SSSR count). The molecule has 0 aromatic heterocycles. The number of aliphatic imine (C=N–C) groups is 1. The van der Waals surface area contributed by atoms with Crippen molar-refractivity contribution in [2.45, 2.75) is 57.7 Å². The third kappa shape index (κ3) is 5.42. The molecule has 0 radical (unpaired) electrons. The van der Waals surface area contributed by atoms with Crippen molar-refractivity contribution in [2.24, 2.45) is 4.99 Å². The quantitative estimate of drug-likeness (QED) is 0.818. The van der Waals surface area contributed by atoms with E-state index in [2.05, 4.69) is 15.2 Å². The summed E-state index contributed by atoms with van der Waals surface area (Å²) >= 11 is 0. The maximum atomic E-state index is 12.3. The lowest BCUT2D eigenvalue weighted by Gasteiger charge is -2.37. The molecule has 0 aliphatic carbocycles. The maximum Gasteiger partial charge on any atom is 0.407 e. The molecule has 3 aliphatic rings. The lowest BCUT2D eigenvalue weighted by atomic mass is 9.99. The van der Waals surface area contributed by atoms with Gasteiger partial charge in [-0.1, -0.05) is 6.08 Å². The van der Waals surface area contributed by atoms with E-state index in [4.69, 9.17) is 4.74 Å². The normalized spacial score (nSPS) is 23.8. The topological polar surface area (TPSA) is 74.2 Å². The van der Waals surface area contributed by atoms with E-state index in [0.717, 1.165) is 44.6 Å². The molecule has 2 amide bonds. The number of carbonyl (C=O) groups excluding carboxylic acids is 2. The highest BCUT2D eigenvalue weighted by atomic mass is 16.6. The number of rotatable bonds is 4. The van der Waals surface area contributed by atoms with Crippen LogP contribution < -0.4 is 5.32 Å². The summed E-state index contributed by atoms with van der Waals surface area (Å²) in [5.41, 5.74) is 0.494. The number of likely N-dealkylation sites (tertiary alicyclic amines) is 1. The van der Waals surface area contributed by atoms with Crippen molar-refractivity contribution in [3.63, 3.8) is 0 Å². The first-order valence-corrected chi connectivity index (χ1v) is 9.75. The van der Waals surface area contributed by atoms with Gasteiger partial charge >= 0.3 is 6.09 Å². The standard InChI is InChI=1S/C20H30N4O3/c1-20(2,3)27-19(26)22-15-8-11-23(12-9-15)13-14-24-17-5-4-10-21-16(17)6-7-18(24)25/h4,6-7,10,15,17H,5,8-9,11-14H2,1-3H3,(H,22,26). The van der Waals surface area contributed by atoms with Crippen molar-refractivity contribution in [3.8, 4) is 0 Å². The summed E-state index contributed by atoms with van der Waals surface area (Å²) in [6.45, 7) is 8.95. The third-order valence-corrected chi connectivity index (χ3v) is 5.05. The van der Waals surface area contributed by atoms with Crippen molar-refractivity contribution in [1.82, 2.24) is 15.1 Å². The molecule has 1 atom stereocenters. The highest BCUT2D eigenvalue weighted by Crippen LogP contribution is 2.19. The average Bonchev–Trinajstić information content (AvgIpc) is 2.60. The minimum absolute atomic E-state index is 0.0655. The van der Waals surface area contributed by atoms with Gasteiger partial charge in [0.05, 0.1) is 11.8 Å². The summed E-state index contributed by atoms with van der Waals surface area (Å²) in [4.78, 5) is 32.8. The average molecular weight is 374 g/mol. The zero-order chi connectivity index (χ0) is 19.4. The molecular weight excluding hydrogens is 344 g/mol. The van der Waals surface area contributed by atoms with Gasteiger partial charge in [0.25, 0.3) is 0 Å². The smallest absolute Gasteiger partial charge is 0.407 e. The fourth-order valence-electron chi connectivity index (χ4n) is 3.67. The Morgan fingerprint density at radius 2 is 2.00 bits per heavy atom. The summed E-state index contributed by atoms with van der Waals surface area (Å²) in [6, 6.07) is 0.219. The van der Waals surface area contributed by atoms with Crippen LogP contribution in [0.2, 0.25) is 0 Å². The largest absolute Gasteiger partial charge is 0.444 e. The minimum Gasteiger partial charge on any atom is -0.444 e. The van der Waals surface area contributed by atoms with Crippen molar-refractivity contribution >= 4 is 17.7 Å². The molecule has 0 bridgehead atoms. The van der Waals surface area contributed by atoms with Crippen LogP contribution in [0.1, 0.15) is 40.0 Å². The molecule has 0 aromatic carbocycles. The predicted octanol–water partition coefficient (Wildman–Crippen LogP) is 2.10. The van der Waals surface area contributed by atoms with Gasteiger partial charge in [-0.3, -0.25) is 9.79 Å². The van der Waals surface area contributed by atoms with Crippen LogP contribution in [0.4, 0.5) is 4.79 Å². The van der Waals surface area contributed by atoms with E-state index >= 15 is 0 Å². The molecule has 7 nitrogen and oxygen atoms in total. The number of carbonyl (C=O) groups is 2. The Bertz CT molecular complexity index is 655. The number of fused-ring (bicyclic) bond motifs is 1. The molecule has 1 unspecified atom stereocenters. The zero-order valence-corrected chi connectivity index (χ0v) is 16.5. The van der Waals surface area contributed by atoms with Crippen LogP contribution in [0.25, 0.3) is 0 Å². The van der Waals surface area contributed by atoms with Crippen molar-refractivity contribution in [3.05, 3.63) is 24.4 Å². The van der Waals surface area contributed by atoms with Crippen LogP contribution in [-0.2, 0) is 9.53 Å². The van der Waals surface area contributed by atoms with E-state index in [1.54, 1.807) is 6.08 Å². The minimum atomic E-state index is -0.476. The molecule has 1 saturated heterocycles. The Balaban J connectivity index is 1.43. The van der Waals surface area contributed by atoms with E-state index in [9.17, 15) is 9.59 Å². The summed E-state index contributed by atoms with van der Waals surface area (Å²) < 4.78 is 5.33. The van der Waals surface area contributed by atoms with Gasteiger partial charge in [0.1, 0.15) is 5.60 Å². The Hall–Kier alpha value is -2.15. The molecule has 0 aromatic rings. The zero-order valence-electron chi connectivity index (χ0n) is 16.5. The molecular formula is C20H30N4O3. The molecule has 3 aliphatic heterocycles. The van der Waals surface area contributed by atoms with Crippen LogP contribution in [0.3, 0.4) is 0 Å². The van der Waals surface area contributed by atoms with Crippen LogP contribution in [0.15, 0.2) is 29.4 Å². The number of nitrogens with zero attached hydrogens (tertiary/aromatic N) is 3. The SMILES string of the molecule is CC(C)(C)OC(=O)NC1CCN(CCN2C(=O)C=CC3=NC=CCC32)CC1. The first-order chi connectivity index (χ1) is 12.8. The van der Waals surface area contributed by atoms with Crippen molar-refractivity contribution < 1.29 is 14.3 Å². The number of amides is 2. The lowest BCUT2D eigenvalue weighted by Crippen LogP contribution is -2.51. The van der Waals surface area contributed by atoms with E-state index in [0.29, 0.717) is 6.54 Å². The van der Waals surface area contributed by atoms with Crippen molar-refractivity contribution in [2.75, 3.05) is 26.2 Å². The molecule has 148 valence electrons. The van der Waals surface area contributed by atoms with Gasteiger partial charge in [0.2, 0.25) is 5.91 Å². The highest BCUT2D eigenvalue weighted by Gasteiger charge is 2.30. The van der Waals surface area contributed by atoms with Crippen LogP contribution >= 0.6 is 0 Å². The number of hydrogen-bond donors (Lipinski definition) is 1. The Morgan fingerprint density at radius 1 is 1.26 bits per heavy atom. The van der Waals surface area contributed by atoms with Gasteiger partial charge in [0, 0.05) is 44.5 Å². The second kappa shape index (κ2) is 8.25. The second-order valence-electron chi connectivity index (χ2n) is 8.32. The Kier molecular flexibility index (Phi) is 5.99. The van der Waals surface area contributed by atoms with Crippen LogP contribution in [0.5, 0.6) is 0 Å². The molecule has 0 saturated carbocycles. The van der Waals surface area contributed by atoms with E-state index in [-0.39, 0.29) is 24.1 Å². The number of ether oxygens (including phenoxy) is 1. The number of piperidine rings is 1. The molecule has 27 heavy (non-hydrogen) atoms. The molecule has 1 N–H and O–H groups in total. The second-order valence-corrected chi connectivity index (χ2v) is 8.32. The van der Waals surface area contributed by atoms with E-state index in [1.165, 1.54) is 0 Å². The van der Waals surface area contributed by atoms with Crippen LogP contribution in [0, 0.1) is 0 Å². The Labute approximate surface area is 161 Å². The molecule has 7 heteroatoms. The number of hydrogen-bond acceptors (Lipinski definition) is 5. The molecule has 0 spiro atoms. The van der Waals surface area contributed by atoms with E-state index < -0.39 is 5.60 Å². The molecule has 3 heterocycles. The fraction of sp³-hybridized carbons (Fsp3) is 0.650. The predicted molar refractivity (Wildman–Crippen MR) is 105 cm³/mol. The Morgan fingerprint density at radius 3 is 2.70 bits per heavy atom. The van der Waals surface area contributed by atoms with Crippen molar-refractivity contribution in [1.29, 1.82) is 0 Å². The first-order valence-electron chi connectivity index (χ1n) is 9.75. The van der Waals surface area contributed by atoms with E-state index in [1.807, 2.05) is 44.0 Å². The monoisotopic (exact) mass is 374 g/mol. The lowest BCUT2D eigenvalue weighted by molar-refractivity contribution is -0.127. The summed E-state index contributed by atoms with van der Waals surface area (Å²) in [5.74, 6) is 0.0655. The summed E-state index contributed by atoms with van der Waals surface area (Å²) in [6.07, 6.45) is 9.55. The number of alkyl carbamates (subject to hydrolysis) is 1. The third-order valence-electron chi connectivity index (χ3n) is 5.05.